The Morgan fingerprint density at radius 2 is 1.75 bits per heavy atom. The van der Waals surface area contributed by atoms with Crippen molar-refractivity contribution < 1.29 is 9.47 Å². The van der Waals surface area contributed by atoms with Gasteiger partial charge in [0, 0.05) is 20.3 Å². The molecule has 98 valence electrons. The van der Waals surface area contributed by atoms with Crippen LogP contribution >= 0.6 is 0 Å². The standard InChI is InChI=1S/C13H29NO2/c1-11(2)9-14-10-12(3)16-8-7-13(4,5)15-6/h11-12,14H,7-10H2,1-6H3. The van der Waals surface area contributed by atoms with Crippen molar-refractivity contribution >= 4 is 0 Å². The second-order valence-corrected chi connectivity index (χ2v) is 5.45. The zero-order chi connectivity index (χ0) is 12.6. The summed E-state index contributed by atoms with van der Waals surface area (Å²) in [5.41, 5.74) is -0.0783. The molecule has 0 fully saturated rings. The third-order valence-electron chi connectivity index (χ3n) is 2.64. The van der Waals surface area contributed by atoms with Gasteiger partial charge in [-0.2, -0.15) is 0 Å². The van der Waals surface area contributed by atoms with Crippen LogP contribution in [0.1, 0.15) is 41.0 Å². The topological polar surface area (TPSA) is 30.5 Å². The highest BCUT2D eigenvalue weighted by Crippen LogP contribution is 2.12. The van der Waals surface area contributed by atoms with E-state index in [0.29, 0.717) is 5.92 Å². The summed E-state index contributed by atoms with van der Waals surface area (Å²) in [6.07, 6.45) is 1.20. The predicted molar refractivity (Wildman–Crippen MR) is 68.8 cm³/mol. The van der Waals surface area contributed by atoms with Crippen molar-refractivity contribution in [3.8, 4) is 0 Å². The molecule has 1 N–H and O–H groups in total. The first kappa shape index (κ1) is 15.9. The molecular formula is C13H29NO2. The van der Waals surface area contributed by atoms with Crippen molar-refractivity contribution in [2.24, 2.45) is 5.92 Å². The highest BCUT2D eigenvalue weighted by Gasteiger charge is 2.16. The Kier molecular flexibility index (Phi) is 7.98. The van der Waals surface area contributed by atoms with E-state index < -0.39 is 0 Å². The van der Waals surface area contributed by atoms with Crippen LogP contribution in [0.2, 0.25) is 0 Å². The second kappa shape index (κ2) is 8.04. The lowest BCUT2D eigenvalue weighted by Gasteiger charge is -2.24. The normalized spacial score (nSPS) is 14.4. The molecule has 3 nitrogen and oxygen atoms in total. The summed E-state index contributed by atoms with van der Waals surface area (Å²) in [5.74, 6) is 0.694. The van der Waals surface area contributed by atoms with Crippen LogP contribution in [-0.2, 0) is 9.47 Å². The van der Waals surface area contributed by atoms with Crippen molar-refractivity contribution in [1.29, 1.82) is 0 Å². The molecule has 1 atom stereocenters. The van der Waals surface area contributed by atoms with Crippen LogP contribution < -0.4 is 5.32 Å². The summed E-state index contributed by atoms with van der Waals surface area (Å²) in [7, 11) is 1.74. The molecule has 0 spiro atoms. The fourth-order valence-electron chi connectivity index (χ4n) is 1.24. The highest BCUT2D eigenvalue weighted by molar-refractivity contribution is 4.67. The fourth-order valence-corrected chi connectivity index (χ4v) is 1.24. The second-order valence-electron chi connectivity index (χ2n) is 5.45. The zero-order valence-corrected chi connectivity index (χ0v) is 11.8. The van der Waals surface area contributed by atoms with Gasteiger partial charge < -0.3 is 14.8 Å². The Labute approximate surface area is 101 Å². The molecule has 3 heteroatoms. The number of hydrogen-bond acceptors (Lipinski definition) is 3. The summed E-state index contributed by atoms with van der Waals surface area (Å²) in [6.45, 7) is 13.4. The molecule has 0 saturated carbocycles. The Balaban J connectivity index is 3.47. The van der Waals surface area contributed by atoms with Gasteiger partial charge in [0.1, 0.15) is 0 Å². The first-order chi connectivity index (χ1) is 7.37. The van der Waals surface area contributed by atoms with Crippen LogP contribution in [-0.4, -0.2) is 38.5 Å². The predicted octanol–water partition coefficient (Wildman–Crippen LogP) is 2.45. The van der Waals surface area contributed by atoms with Crippen molar-refractivity contribution in [1.82, 2.24) is 5.32 Å². The molecule has 0 heterocycles. The van der Waals surface area contributed by atoms with Crippen LogP contribution in [0.5, 0.6) is 0 Å². The molecule has 0 aromatic carbocycles. The molecule has 0 aromatic rings. The summed E-state index contributed by atoms with van der Waals surface area (Å²) in [6, 6.07) is 0. The van der Waals surface area contributed by atoms with Gasteiger partial charge in [-0.3, -0.25) is 0 Å². The summed E-state index contributed by atoms with van der Waals surface area (Å²) in [5, 5.41) is 3.39. The molecule has 16 heavy (non-hydrogen) atoms. The van der Waals surface area contributed by atoms with Gasteiger partial charge in [-0.15, -0.1) is 0 Å². The minimum Gasteiger partial charge on any atom is -0.379 e. The monoisotopic (exact) mass is 231 g/mol. The number of rotatable bonds is 9. The third kappa shape index (κ3) is 9.13. The van der Waals surface area contributed by atoms with E-state index in [0.717, 1.165) is 26.1 Å². The van der Waals surface area contributed by atoms with Gasteiger partial charge in [0.2, 0.25) is 0 Å². The van der Waals surface area contributed by atoms with Gasteiger partial charge in [-0.1, -0.05) is 13.8 Å². The number of nitrogens with one attached hydrogen (secondary N) is 1. The Bertz CT molecular complexity index is 169. The maximum absolute atomic E-state index is 5.72. The zero-order valence-electron chi connectivity index (χ0n) is 11.8. The van der Waals surface area contributed by atoms with Crippen molar-refractivity contribution in [2.75, 3.05) is 26.8 Å². The van der Waals surface area contributed by atoms with Gasteiger partial charge >= 0.3 is 0 Å². The van der Waals surface area contributed by atoms with Crippen LogP contribution in [0, 0.1) is 5.92 Å². The van der Waals surface area contributed by atoms with E-state index in [9.17, 15) is 0 Å². The number of ether oxygens (including phenoxy) is 2. The average Bonchev–Trinajstić information content (AvgIpc) is 2.17. The van der Waals surface area contributed by atoms with Crippen molar-refractivity contribution in [3.05, 3.63) is 0 Å². The molecule has 0 aromatic heterocycles. The third-order valence-corrected chi connectivity index (χ3v) is 2.64. The molecule has 0 radical (unpaired) electrons. The first-order valence-corrected chi connectivity index (χ1v) is 6.25. The van der Waals surface area contributed by atoms with Gasteiger partial charge in [-0.05, 0) is 39.7 Å². The van der Waals surface area contributed by atoms with E-state index in [1.807, 2.05) is 0 Å². The van der Waals surface area contributed by atoms with Gasteiger partial charge in [-0.25, -0.2) is 0 Å². The molecular weight excluding hydrogens is 202 g/mol. The molecule has 0 aliphatic heterocycles. The van der Waals surface area contributed by atoms with Crippen molar-refractivity contribution in [2.45, 2.75) is 52.7 Å². The van der Waals surface area contributed by atoms with E-state index >= 15 is 0 Å². The SMILES string of the molecule is COC(C)(C)CCOC(C)CNCC(C)C. The van der Waals surface area contributed by atoms with Crippen LogP contribution in [0.15, 0.2) is 0 Å². The summed E-state index contributed by atoms with van der Waals surface area (Å²) < 4.78 is 11.1. The van der Waals surface area contributed by atoms with Crippen molar-refractivity contribution in [3.63, 3.8) is 0 Å². The van der Waals surface area contributed by atoms with E-state index in [1.54, 1.807) is 7.11 Å². The van der Waals surface area contributed by atoms with E-state index in [2.05, 4.69) is 39.9 Å². The maximum atomic E-state index is 5.72. The quantitative estimate of drug-likeness (QED) is 0.661. The maximum Gasteiger partial charge on any atom is 0.0671 e. The van der Waals surface area contributed by atoms with Gasteiger partial charge in [0.25, 0.3) is 0 Å². The number of hydrogen-bond donors (Lipinski definition) is 1. The molecule has 0 amide bonds. The smallest absolute Gasteiger partial charge is 0.0671 e. The molecule has 0 aliphatic rings. The van der Waals surface area contributed by atoms with Gasteiger partial charge in [0.15, 0.2) is 0 Å². The van der Waals surface area contributed by atoms with Crippen LogP contribution in [0.25, 0.3) is 0 Å². The minimum atomic E-state index is -0.0783. The largest absolute Gasteiger partial charge is 0.379 e. The van der Waals surface area contributed by atoms with Crippen LogP contribution in [0.4, 0.5) is 0 Å². The fraction of sp³-hybridized carbons (Fsp3) is 1.00. The molecule has 0 aliphatic carbocycles. The number of methoxy groups -OCH3 is 1. The Hall–Kier alpha value is -0.120. The van der Waals surface area contributed by atoms with E-state index in [-0.39, 0.29) is 11.7 Å². The van der Waals surface area contributed by atoms with Gasteiger partial charge in [0.05, 0.1) is 11.7 Å². The van der Waals surface area contributed by atoms with E-state index in [4.69, 9.17) is 9.47 Å². The highest BCUT2D eigenvalue weighted by atomic mass is 16.5. The Morgan fingerprint density at radius 1 is 1.12 bits per heavy atom. The summed E-state index contributed by atoms with van der Waals surface area (Å²) in [4.78, 5) is 0. The molecule has 0 rings (SSSR count). The average molecular weight is 231 g/mol. The van der Waals surface area contributed by atoms with Crippen LogP contribution in [0.3, 0.4) is 0 Å². The van der Waals surface area contributed by atoms with E-state index in [1.165, 1.54) is 0 Å². The molecule has 0 saturated heterocycles. The molecule has 0 bridgehead atoms. The lowest BCUT2D eigenvalue weighted by atomic mass is 10.1. The molecule has 1 unspecified atom stereocenters. The Morgan fingerprint density at radius 3 is 2.25 bits per heavy atom. The lowest BCUT2D eigenvalue weighted by molar-refractivity contribution is -0.0230. The first-order valence-electron chi connectivity index (χ1n) is 6.25. The summed E-state index contributed by atoms with van der Waals surface area (Å²) >= 11 is 0. The lowest BCUT2D eigenvalue weighted by Crippen LogP contribution is -2.31. The minimum absolute atomic E-state index is 0.0783.